The summed E-state index contributed by atoms with van der Waals surface area (Å²) in [4.78, 5) is 16.1. The van der Waals surface area contributed by atoms with E-state index in [0.29, 0.717) is 27.6 Å². The number of pyridine rings is 1. The highest BCUT2D eigenvalue weighted by Crippen LogP contribution is 2.33. The van der Waals surface area contributed by atoms with Gasteiger partial charge in [0.2, 0.25) is 0 Å². The highest BCUT2D eigenvalue weighted by atomic mass is 35.5. The van der Waals surface area contributed by atoms with Crippen LogP contribution in [0.25, 0.3) is 16.9 Å². The van der Waals surface area contributed by atoms with Crippen LogP contribution in [0, 0.1) is 11.3 Å². The van der Waals surface area contributed by atoms with Gasteiger partial charge in [-0.15, -0.1) is 0 Å². The number of anilines is 2. The summed E-state index contributed by atoms with van der Waals surface area (Å²) >= 11 is 6.16. The second-order valence-electron chi connectivity index (χ2n) is 6.29. The van der Waals surface area contributed by atoms with Crippen molar-refractivity contribution in [1.82, 2.24) is 29.5 Å². The van der Waals surface area contributed by atoms with E-state index in [9.17, 15) is 10.4 Å². The first-order valence-corrected chi connectivity index (χ1v) is 8.75. The number of hydrogen-bond acceptors (Lipinski definition) is 9. The van der Waals surface area contributed by atoms with Crippen molar-refractivity contribution in [1.29, 1.82) is 5.26 Å². The van der Waals surface area contributed by atoms with Crippen LogP contribution in [0.15, 0.2) is 43.1 Å². The molecule has 0 aliphatic heterocycles. The van der Waals surface area contributed by atoms with E-state index in [1.54, 1.807) is 30.6 Å². The molecule has 4 aromatic heterocycles. The van der Waals surface area contributed by atoms with E-state index < -0.39 is 5.72 Å². The molecular formula is C18H14ClN9O. The van der Waals surface area contributed by atoms with Crippen LogP contribution in [0.5, 0.6) is 0 Å². The average Bonchev–Trinajstić information content (AvgIpc) is 3.08. The lowest BCUT2D eigenvalue weighted by Crippen LogP contribution is -2.33. The number of nitrogens with one attached hydrogen (secondary N) is 1. The number of aliphatic hydroxyl groups is 1. The molecule has 4 rings (SSSR count). The zero-order valence-electron chi connectivity index (χ0n) is 15.1. The predicted octanol–water partition coefficient (Wildman–Crippen LogP) is 1.97. The number of nitrogen functional groups attached to an aromatic ring is 1. The van der Waals surface area contributed by atoms with Crippen LogP contribution in [-0.2, 0) is 5.72 Å². The zero-order chi connectivity index (χ0) is 20.6. The topological polar surface area (TPSA) is 151 Å². The van der Waals surface area contributed by atoms with Crippen molar-refractivity contribution in [3.63, 3.8) is 0 Å². The molecule has 4 aromatic rings. The Bertz CT molecular complexity index is 1250. The van der Waals surface area contributed by atoms with Crippen molar-refractivity contribution in [2.45, 2.75) is 12.6 Å². The normalized spacial score (nSPS) is 13.0. The Morgan fingerprint density at radius 1 is 1.31 bits per heavy atom. The number of nitrogens with two attached hydrogens (primary N) is 1. The van der Waals surface area contributed by atoms with Crippen LogP contribution in [-0.4, -0.2) is 34.7 Å². The van der Waals surface area contributed by atoms with E-state index in [1.165, 1.54) is 24.0 Å². The van der Waals surface area contributed by atoms with Gasteiger partial charge in [-0.2, -0.15) is 10.4 Å². The Hall–Kier alpha value is -3.81. The monoisotopic (exact) mass is 407 g/mol. The number of halogens is 1. The minimum atomic E-state index is -1.70. The number of nitriles is 1. The molecule has 0 saturated heterocycles. The summed E-state index contributed by atoms with van der Waals surface area (Å²) in [5, 5.41) is 28.4. The van der Waals surface area contributed by atoms with Crippen LogP contribution in [0.1, 0.15) is 18.1 Å². The maximum absolute atomic E-state index is 11.3. The van der Waals surface area contributed by atoms with E-state index in [4.69, 9.17) is 17.3 Å². The molecular weight excluding hydrogens is 394 g/mol. The number of hydrogen-bond donors (Lipinski definition) is 3. The van der Waals surface area contributed by atoms with Crippen LogP contribution >= 0.6 is 11.6 Å². The van der Waals surface area contributed by atoms with E-state index >= 15 is 0 Å². The maximum Gasteiger partial charge on any atom is 0.162 e. The van der Waals surface area contributed by atoms with Crippen molar-refractivity contribution >= 4 is 28.9 Å². The van der Waals surface area contributed by atoms with Gasteiger partial charge in [0, 0.05) is 23.5 Å². The molecule has 144 valence electrons. The number of fused-ring (bicyclic) bond motifs is 1. The quantitative estimate of drug-likeness (QED) is 0.431. The number of rotatable bonds is 4. The molecule has 0 spiro atoms. The van der Waals surface area contributed by atoms with E-state index in [0.717, 1.165) is 0 Å². The van der Waals surface area contributed by atoms with Gasteiger partial charge < -0.3 is 16.2 Å². The third kappa shape index (κ3) is 3.29. The van der Waals surface area contributed by atoms with Gasteiger partial charge in [-0.05, 0) is 25.1 Å². The molecule has 0 saturated carbocycles. The van der Waals surface area contributed by atoms with Crippen LogP contribution in [0.2, 0.25) is 5.15 Å². The van der Waals surface area contributed by atoms with Crippen molar-refractivity contribution in [3.8, 4) is 17.3 Å². The molecule has 0 aliphatic carbocycles. The lowest BCUT2D eigenvalue weighted by Gasteiger charge is -2.28. The molecule has 0 fully saturated rings. The van der Waals surface area contributed by atoms with Gasteiger partial charge in [-0.1, -0.05) is 11.6 Å². The van der Waals surface area contributed by atoms with Gasteiger partial charge in [-0.25, -0.2) is 19.5 Å². The van der Waals surface area contributed by atoms with Crippen LogP contribution in [0.3, 0.4) is 0 Å². The molecule has 11 heteroatoms. The summed E-state index contributed by atoms with van der Waals surface area (Å²) in [6, 6.07) is 7.13. The first kappa shape index (κ1) is 18.5. The summed E-state index contributed by atoms with van der Waals surface area (Å²) in [7, 11) is 0. The fraction of sp³-hybridized carbons (Fsp3) is 0.111. The molecule has 1 atom stereocenters. The van der Waals surface area contributed by atoms with Gasteiger partial charge in [-0.3, -0.25) is 4.98 Å². The van der Waals surface area contributed by atoms with Gasteiger partial charge in [0.15, 0.2) is 22.3 Å². The van der Waals surface area contributed by atoms with E-state index in [1.807, 2.05) is 6.07 Å². The van der Waals surface area contributed by atoms with Crippen molar-refractivity contribution < 1.29 is 5.11 Å². The summed E-state index contributed by atoms with van der Waals surface area (Å²) < 4.78 is 1.45. The minimum Gasteiger partial charge on any atom is -0.382 e. The van der Waals surface area contributed by atoms with Gasteiger partial charge >= 0.3 is 0 Å². The van der Waals surface area contributed by atoms with Crippen molar-refractivity contribution in [3.05, 3.63) is 59.4 Å². The standard InChI is InChI=1S/C18H14ClN9O/c1-18(29,26-17-11(6-20)16(21)24-9-25-17)12-5-14-23-8-13(19)28(14)27-15(12)10-3-2-4-22-7-10/h2-5,7-9,29H,1H3,(H3,21,24,25,26)/t18-/m1/s1. The first-order valence-electron chi connectivity index (χ1n) is 8.37. The number of imidazole rings is 1. The smallest absolute Gasteiger partial charge is 0.162 e. The van der Waals surface area contributed by atoms with Crippen LogP contribution in [0.4, 0.5) is 11.6 Å². The number of aromatic nitrogens is 6. The molecule has 0 unspecified atom stereocenters. The predicted molar refractivity (Wildman–Crippen MR) is 106 cm³/mol. The van der Waals surface area contributed by atoms with Gasteiger partial charge in [0.1, 0.15) is 29.5 Å². The van der Waals surface area contributed by atoms with E-state index in [-0.39, 0.29) is 17.2 Å². The highest BCUT2D eigenvalue weighted by Gasteiger charge is 2.30. The Morgan fingerprint density at radius 2 is 2.14 bits per heavy atom. The fourth-order valence-corrected chi connectivity index (χ4v) is 3.05. The molecule has 4 heterocycles. The third-order valence-corrected chi connectivity index (χ3v) is 4.52. The Kier molecular flexibility index (Phi) is 4.46. The Labute approximate surface area is 169 Å². The summed E-state index contributed by atoms with van der Waals surface area (Å²) in [5.41, 5.74) is 5.94. The summed E-state index contributed by atoms with van der Waals surface area (Å²) in [6.45, 7) is 1.50. The molecule has 29 heavy (non-hydrogen) atoms. The molecule has 4 N–H and O–H groups in total. The molecule has 0 aliphatic rings. The van der Waals surface area contributed by atoms with Gasteiger partial charge in [0.25, 0.3) is 0 Å². The average molecular weight is 408 g/mol. The third-order valence-electron chi connectivity index (χ3n) is 4.26. The Balaban J connectivity index is 1.90. The lowest BCUT2D eigenvalue weighted by molar-refractivity contribution is 0.0885. The largest absolute Gasteiger partial charge is 0.382 e. The lowest BCUT2D eigenvalue weighted by atomic mass is 9.99. The molecule has 0 amide bonds. The minimum absolute atomic E-state index is 0.00176. The maximum atomic E-state index is 11.3. The fourth-order valence-electron chi connectivity index (χ4n) is 2.88. The van der Waals surface area contributed by atoms with Gasteiger partial charge in [0.05, 0.1) is 6.20 Å². The second kappa shape index (κ2) is 6.97. The van der Waals surface area contributed by atoms with E-state index in [2.05, 4.69) is 30.4 Å². The van der Waals surface area contributed by atoms with Crippen LogP contribution < -0.4 is 11.1 Å². The van der Waals surface area contributed by atoms with Crippen molar-refractivity contribution in [2.24, 2.45) is 0 Å². The molecule has 10 nitrogen and oxygen atoms in total. The zero-order valence-corrected chi connectivity index (χ0v) is 15.8. The Morgan fingerprint density at radius 3 is 2.86 bits per heavy atom. The number of nitrogens with zero attached hydrogens (tertiary/aromatic N) is 7. The first-order chi connectivity index (χ1) is 13.9. The molecule has 0 radical (unpaired) electrons. The molecule has 0 bridgehead atoms. The SMILES string of the molecule is C[C@](O)(Nc1ncnc(N)c1C#N)c1cc2ncc(Cl)n2nc1-c1cccnc1. The molecule has 0 aromatic carbocycles. The second-order valence-corrected chi connectivity index (χ2v) is 6.68. The highest BCUT2D eigenvalue weighted by molar-refractivity contribution is 6.29. The van der Waals surface area contributed by atoms with Crippen molar-refractivity contribution in [2.75, 3.05) is 11.1 Å². The summed E-state index contributed by atoms with van der Waals surface area (Å²) in [6.07, 6.45) is 5.90. The summed E-state index contributed by atoms with van der Waals surface area (Å²) in [5.74, 6) is 0.0882.